The molecule has 0 saturated heterocycles. The maximum absolute atomic E-state index is 13.8. The molecule has 1 heterocycles. The number of benzene rings is 1. The summed E-state index contributed by atoms with van der Waals surface area (Å²) in [6.07, 6.45) is -3.74. The van der Waals surface area contributed by atoms with Gasteiger partial charge in [0.05, 0.1) is 22.7 Å². The smallest absolute Gasteiger partial charge is 0.254 e. The van der Waals surface area contributed by atoms with Crippen LogP contribution in [0, 0.1) is 5.82 Å². The number of hydrogen-bond donors (Lipinski definition) is 2. The first-order valence-electron chi connectivity index (χ1n) is 5.92. The lowest BCUT2D eigenvalue weighted by atomic mass is 10.2. The van der Waals surface area contributed by atoms with E-state index in [0.29, 0.717) is 10.2 Å². The fourth-order valence-electron chi connectivity index (χ4n) is 2.27. The van der Waals surface area contributed by atoms with Crippen LogP contribution < -0.4 is 10.5 Å². The predicted molar refractivity (Wildman–Crippen MR) is 68.6 cm³/mol. The molecule has 1 aliphatic carbocycles. The molecule has 0 spiro atoms. The standard InChI is InChI=1S/C12H11F3N2O2S/c13-5-1-6-10(20-11(16)17-6)2-8(5)19-9-4-12(14,15)3-7(9)18/h1-2,7,9,18H,3-4H2,(H2,16,17)/t7-,9+/m0/s1. The summed E-state index contributed by atoms with van der Waals surface area (Å²) in [5, 5.41) is 9.82. The second kappa shape index (κ2) is 4.49. The number of nitrogens with two attached hydrogens (primary N) is 1. The first kappa shape index (κ1) is 13.4. The Morgan fingerprint density at radius 1 is 1.40 bits per heavy atom. The van der Waals surface area contributed by atoms with E-state index in [-0.39, 0.29) is 10.9 Å². The van der Waals surface area contributed by atoms with E-state index in [1.54, 1.807) is 0 Å². The predicted octanol–water partition coefficient (Wildman–Crippen LogP) is 2.56. The van der Waals surface area contributed by atoms with Crippen molar-refractivity contribution in [1.29, 1.82) is 0 Å². The van der Waals surface area contributed by atoms with Gasteiger partial charge in [0.2, 0.25) is 0 Å². The van der Waals surface area contributed by atoms with Gasteiger partial charge in [0.25, 0.3) is 5.92 Å². The van der Waals surface area contributed by atoms with Gasteiger partial charge in [0.1, 0.15) is 6.10 Å². The molecule has 0 radical (unpaired) electrons. The van der Waals surface area contributed by atoms with E-state index in [4.69, 9.17) is 10.5 Å². The van der Waals surface area contributed by atoms with E-state index in [1.165, 1.54) is 6.07 Å². The number of aliphatic hydroxyl groups is 1. The van der Waals surface area contributed by atoms with Gasteiger partial charge in [0, 0.05) is 18.6 Å². The van der Waals surface area contributed by atoms with Gasteiger partial charge in [-0.2, -0.15) is 0 Å². The van der Waals surface area contributed by atoms with Crippen LogP contribution in [-0.2, 0) is 0 Å². The number of nitrogen functional groups attached to an aromatic ring is 1. The van der Waals surface area contributed by atoms with E-state index < -0.39 is 36.8 Å². The zero-order valence-corrected chi connectivity index (χ0v) is 11.0. The number of thiazole rings is 1. The average molecular weight is 304 g/mol. The number of hydrogen-bond acceptors (Lipinski definition) is 5. The van der Waals surface area contributed by atoms with Crippen LogP contribution in [0.2, 0.25) is 0 Å². The number of rotatable bonds is 2. The molecule has 2 aromatic rings. The monoisotopic (exact) mass is 304 g/mol. The Morgan fingerprint density at radius 2 is 2.15 bits per heavy atom. The highest BCUT2D eigenvalue weighted by atomic mass is 32.1. The van der Waals surface area contributed by atoms with Gasteiger partial charge in [0.15, 0.2) is 16.7 Å². The van der Waals surface area contributed by atoms with Crippen LogP contribution in [0.3, 0.4) is 0 Å². The third kappa shape index (κ3) is 2.40. The summed E-state index contributed by atoms with van der Waals surface area (Å²) < 4.78 is 45.9. The summed E-state index contributed by atoms with van der Waals surface area (Å²) in [4.78, 5) is 3.92. The summed E-state index contributed by atoms with van der Waals surface area (Å²) in [7, 11) is 0. The van der Waals surface area contributed by atoms with E-state index in [1.807, 2.05) is 0 Å². The first-order valence-corrected chi connectivity index (χ1v) is 6.74. The number of anilines is 1. The molecule has 1 aromatic heterocycles. The van der Waals surface area contributed by atoms with Crippen molar-refractivity contribution in [3.8, 4) is 5.75 Å². The third-order valence-electron chi connectivity index (χ3n) is 3.17. The molecule has 108 valence electrons. The molecule has 0 unspecified atom stereocenters. The molecule has 0 aliphatic heterocycles. The summed E-state index contributed by atoms with van der Waals surface area (Å²) in [6, 6.07) is 2.50. The number of alkyl halides is 2. The molecule has 1 aromatic carbocycles. The Bertz CT molecular complexity index is 661. The van der Waals surface area contributed by atoms with Crippen LogP contribution >= 0.6 is 11.3 Å². The second-order valence-electron chi connectivity index (χ2n) is 4.79. The van der Waals surface area contributed by atoms with Gasteiger partial charge in [-0.15, -0.1) is 0 Å². The Kier molecular flexibility index (Phi) is 3.02. The zero-order valence-electron chi connectivity index (χ0n) is 10.1. The topological polar surface area (TPSA) is 68.4 Å². The Morgan fingerprint density at radius 3 is 2.80 bits per heavy atom. The maximum Gasteiger partial charge on any atom is 0.254 e. The molecule has 4 nitrogen and oxygen atoms in total. The van der Waals surface area contributed by atoms with Crippen LogP contribution in [0.1, 0.15) is 12.8 Å². The number of halogens is 3. The lowest BCUT2D eigenvalue weighted by Crippen LogP contribution is -2.26. The minimum atomic E-state index is -2.99. The molecule has 1 fully saturated rings. The van der Waals surface area contributed by atoms with Gasteiger partial charge >= 0.3 is 0 Å². The lowest BCUT2D eigenvalue weighted by molar-refractivity contribution is -0.00491. The van der Waals surface area contributed by atoms with Crippen molar-refractivity contribution in [2.75, 3.05) is 5.73 Å². The molecular weight excluding hydrogens is 293 g/mol. The van der Waals surface area contributed by atoms with Gasteiger partial charge in [-0.3, -0.25) is 0 Å². The average Bonchev–Trinajstić information content (AvgIpc) is 2.78. The second-order valence-corrected chi connectivity index (χ2v) is 5.85. The minimum Gasteiger partial charge on any atom is -0.484 e. The van der Waals surface area contributed by atoms with E-state index in [0.717, 1.165) is 17.4 Å². The fraction of sp³-hybridized carbons (Fsp3) is 0.417. The molecule has 1 saturated carbocycles. The molecule has 20 heavy (non-hydrogen) atoms. The maximum atomic E-state index is 13.8. The number of fused-ring (bicyclic) bond motifs is 1. The number of aromatic nitrogens is 1. The lowest BCUT2D eigenvalue weighted by Gasteiger charge is -2.17. The van der Waals surface area contributed by atoms with Crippen molar-refractivity contribution in [3.05, 3.63) is 17.9 Å². The van der Waals surface area contributed by atoms with Crippen molar-refractivity contribution < 1.29 is 23.0 Å². The summed E-state index contributed by atoms with van der Waals surface area (Å²) >= 11 is 1.14. The van der Waals surface area contributed by atoms with Gasteiger partial charge < -0.3 is 15.6 Å². The molecule has 1 aliphatic rings. The molecule has 2 atom stereocenters. The van der Waals surface area contributed by atoms with E-state index in [2.05, 4.69) is 4.98 Å². The van der Waals surface area contributed by atoms with E-state index >= 15 is 0 Å². The van der Waals surface area contributed by atoms with Crippen molar-refractivity contribution in [2.24, 2.45) is 0 Å². The molecule has 3 rings (SSSR count). The Labute approximate surface area is 116 Å². The molecule has 3 N–H and O–H groups in total. The number of nitrogens with zero attached hydrogens (tertiary/aromatic N) is 1. The van der Waals surface area contributed by atoms with Crippen LogP contribution in [-0.4, -0.2) is 28.2 Å². The molecule has 8 heteroatoms. The largest absolute Gasteiger partial charge is 0.484 e. The van der Waals surface area contributed by atoms with Crippen LogP contribution in [0.5, 0.6) is 5.75 Å². The van der Waals surface area contributed by atoms with Gasteiger partial charge in [-0.05, 0) is 0 Å². The van der Waals surface area contributed by atoms with Crippen LogP contribution in [0.25, 0.3) is 10.2 Å². The first-order chi connectivity index (χ1) is 9.34. The number of ether oxygens (including phenoxy) is 1. The Hall–Kier alpha value is -1.54. The summed E-state index contributed by atoms with van der Waals surface area (Å²) in [5.74, 6) is -3.88. The van der Waals surface area contributed by atoms with Crippen molar-refractivity contribution in [2.45, 2.75) is 31.0 Å². The van der Waals surface area contributed by atoms with E-state index in [9.17, 15) is 18.3 Å². The fourth-order valence-corrected chi connectivity index (χ4v) is 3.02. The quantitative estimate of drug-likeness (QED) is 0.894. The minimum absolute atomic E-state index is 0.178. The SMILES string of the molecule is Nc1nc2cc(F)c(O[C@@H]3CC(F)(F)C[C@@H]3O)cc2s1. The van der Waals surface area contributed by atoms with Crippen molar-refractivity contribution >= 4 is 26.7 Å². The normalized spacial score (nSPS) is 25.2. The molecular formula is C12H11F3N2O2S. The highest BCUT2D eigenvalue weighted by Gasteiger charge is 2.47. The van der Waals surface area contributed by atoms with Crippen molar-refractivity contribution in [3.63, 3.8) is 0 Å². The van der Waals surface area contributed by atoms with Crippen LogP contribution in [0.4, 0.5) is 18.3 Å². The Balaban J connectivity index is 1.89. The van der Waals surface area contributed by atoms with Crippen LogP contribution in [0.15, 0.2) is 12.1 Å². The zero-order chi connectivity index (χ0) is 14.5. The van der Waals surface area contributed by atoms with Crippen molar-refractivity contribution in [1.82, 2.24) is 4.98 Å². The highest BCUT2D eigenvalue weighted by Crippen LogP contribution is 2.38. The molecule has 0 bridgehead atoms. The summed E-state index contributed by atoms with van der Waals surface area (Å²) in [5.41, 5.74) is 5.90. The summed E-state index contributed by atoms with van der Waals surface area (Å²) in [6.45, 7) is 0. The highest BCUT2D eigenvalue weighted by molar-refractivity contribution is 7.22. The van der Waals surface area contributed by atoms with Gasteiger partial charge in [-0.25, -0.2) is 18.2 Å². The molecule has 0 amide bonds. The number of aliphatic hydroxyl groups excluding tert-OH is 1. The third-order valence-corrected chi connectivity index (χ3v) is 4.02. The van der Waals surface area contributed by atoms with Gasteiger partial charge in [-0.1, -0.05) is 11.3 Å².